The molecule has 0 bridgehead atoms. The van der Waals surface area contributed by atoms with Gasteiger partial charge in [-0.25, -0.2) is 4.68 Å². The van der Waals surface area contributed by atoms with E-state index in [0.717, 1.165) is 23.3 Å². The quantitative estimate of drug-likeness (QED) is 0.463. The molecule has 0 N–H and O–H groups in total. The SMILES string of the molecule is CCOCCn1cc(CI)nn1. The van der Waals surface area contributed by atoms with Crippen LogP contribution in [-0.4, -0.2) is 28.2 Å². The van der Waals surface area contributed by atoms with Gasteiger partial charge in [0.2, 0.25) is 0 Å². The van der Waals surface area contributed by atoms with Crippen molar-refractivity contribution in [2.24, 2.45) is 0 Å². The highest BCUT2D eigenvalue weighted by Gasteiger charge is 1.97. The van der Waals surface area contributed by atoms with Crippen LogP contribution in [0.1, 0.15) is 12.6 Å². The van der Waals surface area contributed by atoms with Crippen molar-refractivity contribution < 1.29 is 4.74 Å². The lowest BCUT2D eigenvalue weighted by Crippen LogP contribution is -2.06. The second-order valence-electron chi connectivity index (χ2n) is 2.30. The van der Waals surface area contributed by atoms with Gasteiger partial charge in [0, 0.05) is 17.2 Å². The molecule has 0 saturated carbocycles. The third kappa shape index (κ3) is 3.06. The molecular formula is C7H12IN3O. The van der Waals surface area contributed by atoms with Gasteiger partial charge in [0.1, 0.15) is 0 Å². The molecule has 0 atom stereocenters. The van der Waals surface area contributed by atoms with Crippen LogP contribution < -0.4 is 0 Å². The molecule has 0 aliphatic rings. The van der Waals surface area contributed by atoms with Gasteiger partial charge in [-0.15, -0.1) is 5.10 Å². The largest absolute Gasteiger partial charge is 0.380 e. The summed E-state index contributed by atoms with van der Waals surface area (Å²) >= 11 is 2.26. The Morgan fingerprint density at radius 2 is 2.50 bits per heavy atom. The molecule has 12 heavy (non-hydrogen) atoms. The predicted octanol–water partition coefficient (Wildman–Crippen LogP) is 1.25. The Labute approximate surface area is 85.4 Å². The highest BCUT2D eigenvalue weighted by molar-refractivity contribution is 14.1. The van der Waals surface area contributed by atoms with E-state index in [1.165, 1.54) is 0 Å². The van der Waals surface area contributed by atoms with E-state index in [0.29, 0.717) is 6.61 Å². The van der Waals surface area contributed by atoms with Crippen LogP contribution in [0.3, 0.4) is 0 Å². The van der Waals surface area contributed by atoms with Crippen LogP contribution in [0.5, 0.6) is 0 Å². The maximum Gasteiger partial charge on any atom is 0.0924 e. The first-order chi connectivity index (χ1) is 5.86. The average Bonchev–Trinajstić information content (AvgIpc) is 2.53. The Morgan fingerprint density at radius 1 is 1.67 bits per heavy atom. The minimum absolute atomic E-state index is 0.709. The van der Waals surface area contributed by atoms with Gasteiger partial charge in [-0.1, -0.05) is 27.8 Å². The van der Waals surface area contributed by atoms with Crippen LogP contribution in [0.15, 0.2) is 6.20 Å². The zero-order chi connectivity index (χ0) is 8.81. The van der Waals surface area contributed by atoms with E-state index in [4.69, 9.17) is 4.74 Å². The third-order valence-corrected chi connectivity index (χ3v) is 2.17. The van der Waals surface area contributed by atoms with Gasteiger partial charge >= 0.3 is 0 Å². The smallest absolute Gasteiger partial charge is 0.0924 e. The number of aromatic nitrogens is 3. The Kier molecular flexibility index (Phi) is 4.52. The van der Waals surface area contributed by atoms with Gasteiger partial charge in [-0.3, -0.25) is 0 Å². The fourth-order valence-corrected chi connectivity index (χ4v) is 1.16. The Hall–Kier alpha value is -0.170. The second-order valence-corrected chi connectivity index (χ2v) is 3.07. The van der Waals surface area contributed by atoms with Crippen LogP contribution in [0, 0.1) is 0 Å². The molecule has 5 heteroatoms. The van der Waals surface area contributed by atoms with E-state index in [-0.39, 0.29) is 0 Å². The number of halogens is 1. The third-order valence-electron chi connectivity index (χ3n) is 1.39. The molecule has 0 amide bonds. The molecular weight excluding hydrogens is 269 g/mol. The van der Waals surface area contributed by atoms with Gasteiger partial charge < -0.3 is 4.74 Å². The van der Waals surface area contributed by atoms with E-state index in [1.54, 1.807) is 0 Å². The van der Waals surface area contributed by atoms with E-state index >= 15 is 0 Å². The van der Waals surface area contributed by atoms with Crippen LogP contribution in [0.2, 0.25) is 0 Å². The minimum atomic E-state index is 0.709. The number of ether oxygens (including phenoxy) is 1. The molecule has 1 heterocycles. The second kappa shape index (κ2) is 5.47. The van der Waals surface area contributed by atoms with Gasteiger partial charge in [0.25, 0.3) is 0 Å². The monoisotopic (exact) mass is 281 g/mol. The molecule has 0 aliphatic heterocycles. The fourth-order valence-electron chi connectivity index (χ4n) is 0.811. The van der Waals surface area contributed by atoms with E-state index in [1.807, 2.05) is 17.8 Å². The molecule has 4 nitrogen and oxygen atoms in total. The summed E-state index contributed by atoms with van der Waals surface area (Å²) in [7, 11) is 0. The Balaban J connectivity index is 2.31. The van der Waals surface area contributed by atoms with Crippen molar-refractivity contribution in [3.05, 3.63) is 11.9 Å². The first-order valence-corrected chi connectivity index (χ1v) is 5.42. The van der Waals surface area contributed by atoms with Crippen molar-refractivity contribution in [1.82, 2.24) is 15.0 Å². The van der Waals surface area contributed by atoms with Crippen molar-refractivity contribution in [3.63, 3.8) is 0 Å². The number of alkyl halides is 1. The van der Waals surface area contributed by atoms with E-state index < -0.39 is 0 Å². The number of rotatable bonds is 5. The number of nitrogens with zero attached hydrogens (tertiary/aromatic N) is 3. The van der Waals surface area contributed by atoms with Gasteiger partial charge in [0.05, 0.1) is 18.8 Å². The number of hydrogen-bond donors (Lipinski definition) is 0. The topological polar surface area (TPSA) is 39.9 Å². The van der Waals surface area contributed by atoms with Crippen molar-refractivity contribution in [2.45, 2.75) is 17.9 Å². The molecule has 0 aromatic carbocycles. The zero-order valence-corrected chi connectivity index (χ0v) is 9.19. The van der Waals surface area contributed by atoms with Crippen molar-refractivity contribution in [1.29, 1.82) is 0 Å². The normalized spacial score (nSPS) is 10.5. The molecule has 0 fully saturated rings. The van der Waals surface area contributed by atoms with Crippen molar-refractivity contribution in [2.75, 3.05) is 13.2 Å². The average molecular weight is 281 g/mol. The van der Waals surface area contributed by atoms with Crippen LogP contribution >= 0.6 is 22.6 Å². The Bertz CT molecular complexity index is 226. The molecule has 0 radical (unpaired) electrons. The summed E-state index contributed by atoms with van der Waals surface area (Å²) in [6, 6.07) is 0. The Morgan fingerprint density at radius 3 is 3.08 bits per heavy atom. The lowest BCUT2D eigenvalue weighted by molar-refractivity contribution is 0.136. The summed E-state index contributed by atoms with van der Waals surface area (Å²) in [5.74, 6) is 0. The lowest BCUT2D eigenvalue weighted by atomic mass is 10.5. The van der Waals surface area contributed by atoms with Gasteiger partial charge in [0.15, 0.2) is 0 Å². The number of hydrogen-bond acceptors (Lipinski definition) is 3. The van der Waals surface area contributed by atoms with Crippen molar-refractivity contribution >= 4 is 22.6 Å². The summed E-state index contributed by atoms with van der Waals surface area (Å²) in [6.07, 6.45) is 1.95. The molecule has 1 aromatic heterocycles. The molecule has 0 aliphatic carbocycles. The van der Waals surface area contributed by atoms with Crippen LogP contribution in [-0.2, 0) is 15.7 Å². The fraction of sp³-hybridized carbons (Fsp3) is 0.714. The summed E-state index contributed by atoms with van der Waals surface area (Å²) in [6.45, 7) is 4.24. The highest BCUT2D eigenvalue weighted by Crippen LogP contribution is 1.99. The molecule has 1 rings (SSSR count). The van der Waals surface area contributed by atoms with E-state index in [9.17, 15) is 0 Å². The van der Waals surface area contributed by atoms with Crippen molar-refractivity contribution in [3.8, 4) is 0 Å². The lowest BCUT2D eigenvalue weighted by Gasteiger charge is -1.99. The van der Waals surface area contributed by atoms with E-state index in [2.05, 4.69) is 32.9 Å². The standard InChI is InChI=1S/C7H12IN3O/c1-2-12-4-3-11-6-7(5-8)9-10-11/h6H,2-5H2,1H3. The van der Waals surface area contributed by atoms with Gasteiger partial charge in [-0.05, 0) is 6.92 Å². The minimum Gasteiger partial charge on any atom is -0.380 e. The predicted molar refractivity (Wildman–Crippen MR) is 54.2 cm³/mol. The highest BCUT2D eigenvalue weighted by atomic mass is 127. The summed E-state index contributed by atoms with van der Waals surface area (Å²) in [5, 5.41) is 7.90. The molecule has 0 saturated heterocycles. The summed E-state index contributed by atoms with van der Waals surface area (Å²) in [4.78, 5) is 0. The molecule has 0 unspecified atom stereocenters. The maximum atomic E-state index is 5.19. The van der Waals surface area contributed by atoms with Crippen LogP contribution in [0.4, 0.5) is 0 Å². The summed E-state index contributed by atoms with van der Waals surface area (Å²) < 4.78 is 7.91. The molecule has 1 aromatic rings. The first-order valence-electron chi connectivity index (χ1n) is 3.89. The first kappa shape index (κ1) is 9.91. The van der Waals surface area contributed by atoms with Crippen LogP contribution in [0.25, 0.3) is 0 Å². The maximum absolute atomic E-state index is 5.19. The summed E-state index contributed by atoms with van der Waals surface area (Å²) in [5.41, 5.74) is 1.02. The molecule has 68 valence electrons. The zero-order valence-electron chi connectivity index (χ0n) is 7.03. The van der Waals surface area contributed by atoms with Gasteiger partial charge in [-0.2, -0.15) is 0 Å². The molecule has 0 spiro atoms.